The minimum absolute atomic E-state index is 0.132. The van der Waals surface area contributed by atoms with Gasteiger partial charge in [0.15, 0.2) is 11.6 Å². The van der Waals surface area contributed by atoms with Crippen molar-refractivity contribution in [3.63, 3.8) is 0 Å². The molecule has 0 aromatic heterocycles. The van der Waals surface area contributed by atoms with E-state index in [1.54, 1.807) is 31.4 Å². The van der Waals surface area contributed by atoms with E-state index >= 15 is 0 Å². The lowest BCUT2D eigenvalue weighted by Crippen LogP contribution is -2.08. The monoisotopic (exact) mass is 236 g/mol. The molecule has 0 amide bonds. The maximum absolute atomic E-state index is 13.7. The Kier molecular flexibility index (Phi) is 3.65. The zero-order valence-electron chi connectivity index (χ0n) is 9.48. The van der Waals surface area contributed by atoms with Crippen molar-refractivity contribution in [3.05, 3.63) is 47.7 Å². The van der Waals surface area contributed by atoms with Gasteiger partial charge in [-0.15, -0.1) is 0 Å². The van der Waals surface area contributed by atoms with Crippen molar-refractivity contribution < 1.29 is 18.6 Å². The van der Waals surface area contributed by atoms with Gasteiger partial charge in [-0.25, -0.2) is 4.39 Å². The van der Waals surface area contributed by atoms with E-state index in [4.69, 9.17) is 14.2 Å². The van der Waals surface area contributed by atoms with Gasteiger partial charge in [-0.05, 0) is 23.8 Å². The first-order chi connectivity index (χ1) is 8.29. The van der Waals surface area contributed by atoms with Crippen molar-refractivity contribution in [3.8, 4) is 5.75 Å². The third-order valence-electron chi connectivity index (χ3n) is 2.29. The second-order valence-corrected chi connectivity index (χ2v) is 3.47. The summed E-state index contributed by atoms with van der Waals surface area (Å²) >= 11 is 0. The van der Waals surface area contributed by atoms with Gasteiger partial charge in [0.1, 0.15) is 25.2 Å². The number of allylic oxidation sites excluding steroid dienone is 1. The lowest BCUT2D eigenvalue weighted by molar-refractivity contribution is 0.0847. The first-order valence-corrected chi connectivity index (χ1v) is 5.26. The van der Waals surface area contributed by atoms with Crippen molar-refractivity contribution in [2.45, 2.75) is 0 Å². The molecule has 0 radical (unpaired) electrons. The predicted molar refractivity (Wildman–Crippen MR) is 62.1 cm³/mol. The van der Waals surface area contributed by atoms with Crippen LogP contribution in [0.15, 0.2) is 42.1 Å². The molecule has 0 N–H and O–H groups in total. The molecule has 0 saturated carbocycles. The lowest BCUT2D eigenvalue weighted by atomic mass is 10.2. The van der Waals surface area contributed by atoms with Crippen LogP contribution in [0, 0.1) is 0 Å². The van der Waals surface area contributed by atoms with Gasteiger partial charge in [0.25, 0.3) is 0 Å². The minimum atomic E-state index is -0.449. The molecule has 1 heterocycles. The van der Waals surface area contributed by atoms with Crippen LogP contribution in [0.2, 0.25) is 0 Å². The third kappa shape index (κ3) is 3.00. The molecule has 4 heteroatoms. The van der Waals surface area contributed by atoms with Crippen LogP contribution in [0.25, 0.3) is 6.08 Å². The van der Waals surface area contributed by atoms with Gasteiger partial charge in [-0.2, -0.15) is 0 Å². The normalized spacial score (nSPS) is 15.6. The fourth-order valence-corrected chi connectivity index (χ4v) is 1.41. The predicted octanol–water partition coefficient (Wildman–Crippen LogP) is 2.89. The summed E-state index contributed by atoms with van der Waals surface area (Å²) in [5, 5.41) is 0. The quantitative estimate of drug-likeness (QED) is 0.807. The molecule has 1 aliphatic heterocycles. The van der Waals surface area contributed by atoms with Crippen LogP contribution in [0.5, 0.6) is 5.75 Å². The Labute approximate surface area is 99.1 Å². The summed E-state index contributed by atoms with van der Waals surface area (Å²) < 4.78 is 28.8. The average molecular weight is 236 g/mol. The molecule has 0 fully saturated rings. The minimum Gasteiger partial charge on any atom is -0.497 e. The summed E-state index contributed by atoms with van der Waals surface area (Å²) in [4.78, 5) is 0. The van der Waals surface area contributed by atoms with Crippen LogP contribution in [0.1, 0.15) is 5.56 Å². The van der Waals surface area contributed by atoms with Crippen molar-refractivity contribution >= 4 is 6.08 Å². The Bertz CT molecular complexity index is 434. The summed E-state index contributed by atoms with van der Waals surface area (Å²) in [6, 6.07) is 7.07. The van der Waals surface area contributed by atoms with E-state index < -0.39 is 5.83 Å². The number of benzene rings is 1. The number of hydrogen-bond acceptors (Lipinski definition) is 3. The van der Waals surface area contributed by atoms with Crippen molar-refractivity contribution in [1.82, 2.24) is 0 Å². The van der Waals surface area contributed by atoms with Gasteiger partial charge in [0.05, 0.1) is 7.11 Å². The second kappa shape index (κ2) is 5.39. The molecule has 3 nitrogen and oxygen atoms in total. The fraction of sp³-hybridized carbons (Fsp3) is 0.231. The molecule has 1 aromatic rings. The highest BCUT2D eigenvalue weighted by atomic mass is 19.1. The Balaban J connectivity index is 2.14. The van der Waals surface area contributed by atoms with Crippen LogP contribution in [-0.2, 0) is 9.47 Å². The number of methoxy groups -OCH3 is 1. The van der Waals surface area contributed by atoms with E-state index in [-0.39, 0.29) is 5.76 Å². The van der Waals surface area contributed by atoms with Crippen molar-refractivity contribution in [2.75, 3.05) is 20.3 Å². The van der Waals surface area contributed by atoms with Gasteiger partial charge >= 0.3 is 0 Å². The van der Waals surface area contributed by atoms with Crippen LogP contribution in [0.4, 0.5) is 4.39 Å². The highest BCUT2D eigenvalue weighted by Gasteiger charge is 2.10. The molecule has 17 heavy (non-hydrogen) atoms. The highest BCUT2D eigenvalue weighted by molar-refractivity contribution is 5.55. The van der Waals surface area contributed by atoms with Gasteiger partial charge in [-0.3, -0.25) is 0 Å². The Hall–Kier alpha value is -1.97. The summed E-state index contributed by atoms with van der Waals surface area (Å²) in [6.45, 7) is 0.828. The van der Waals surface area contributed by atoms with E-state index in [0.717, 1.165) is 11.3 Å². The number of ether oxygens (including phenoxy) is 3. The maximum Gasteiger partial charge on any atom is 0.189 e. The molecule has 0 saturated heterocycles. The van der Waals surface area contributed by atoms with Gasteiger partial charge < -0.3 is 14.2 Å². The molecule has 2 rings (SSSR count). The topological polar surface area (TPSA) is 27.7 Å². The van der Waals surface area contributed by atoms with Crippen LogP contribution >= 0.6 is 0 Å². The molecule has 0 aliphatic carbocycles. The Morgan fingerprint density at radius 2 is 2.06 bits per heavy atom. The molecule has 1 aliphatic rings. The number of rotatable bonds is 3. The molecular formula is C13H13FO3. The van der Waals surface area contributed by atoms with Crippen LogP contribution in [0.3, 0.4) is 0 Å². The molecular weight excluding hydrogens is 223 g/mol. The van der Waals surface area contributed by atoms with Crippen LogP contribution in [-0.4, -0.2) is 20.3 Å². The SMILES string of the molecule is COc1ccc(/C=C(\F)C2=COCCO2)cc1. The largest absolute Gasteiger partial charge is 0.497 e. The zero-order valence-corrected chi connectivity index (χ0v) is 9.48. The van der Waals surface area contributed by atoms with E-state index in [1.165, 1.54) is 12.3 Å². The van der Waals surface area contributed by atoms with E-state index in [1.807, 2.05) is 0 Å². The van der Waals surface area contributed by atoms with Crippen LogP contribution < -0.4 is 4.74 Å². The summed E-state index contributed by atoms with van der Waals surface area (Å²) in [5.74, 6) is 0.418. The summed E-state index contributed by atoms with van der Waals surface area (Å²) in [7, 11) is 1.59. The summed E-state index contributed by atoms with van der Waals surface area (Å²) in [6.07, 6.45) is 2.68. The summed E-state index contributed by atoms with van der Waals surface area (Å²) in [5.41, 5.74) is 0.735. The van der Waals surface area contributed by atoms with Gasteiger partial charge in [-0.1, -0.05) is 12.1 Å². The van der Waals surface area contributed by atoms with E-state index in [2.05, 4.69) is 0 Å². The number of halogens is 1. The molecule has 0 bridgehead atoms. The fourth-order valence-electron chi connectivity index (χ4n) is 1.41. The second-order valence-electron chi connectivity index (χ2n) is 3.47. The first-order valence-electron chi connectivity index (χ1n) is 5.26. The number of hydrogen-bond donors (Lipinski definition) is 0. The lowest BCUT2D eigenvalue weighted by Gasteiger charge is -2.13. The van der Waals surface area contributed by atoms with E-state index in [0.29, 0.717) is 13.2 Å². The molecule has 90 valence electrons. The standard InChI is InChI=1S/C13H13FO3/c1-15-11-4-2-10(3-5-11)8-12(14)13-9-16-6-7-17-13/h2-5,8-9H,6-7H2,1H3/b12-8-. The Morgan fingerprint density at radius 3 is 2.65 bits per heavy atom. The third-order valence-corrected chi connectivity index (χ3v) is 2.29. The molecule has 0 atom stereocenters. The average Bonchev–Trinajstić information content (AvgIpc) is 2.40. The maximum atomic E-state index is 13.7. The van der Waals surface area contributed by atoms with Gasteiger partial charge in [0, 0.05) is 0 Å². The van der Waals surface area contributed by atoms with Crippen molar-refractivity contribution in [1.29, 1.82) is 0 Å². The van der Waals surface area contributed by atoms with Crippen molar-refractivity contribution in [2.24, 2.45) is 0 Å². The Morgan fingerprint density at radius 1 is 1.29 bits per heavy atom. The van der Waals surface area contributed by atoms with E-state index in [9.17, 15) is 4.39 Å². The smallest absolute Gasteiger partial charge is 0.189 e. The molecule has 0 unspecified atom stereocenters. The highest BCUT2D eigenvalue weighted by Crippen LogP contribution is 2.20. The molecule has 0 spiro atoms. The zero-order chi connectivity index (χ0) is 12.1. The van der Waals surface area contributed by atoms with Gasteiger partial charge in [0.2, 0.25) is 0 Å². The first kappa shape index (κ1) is 11.5. The molecule has 1 aromatic carbocycles.